The quantitative estimate of drug-likeness (QED) is 0.831. The van der Waals surface area contributed by atoms with Crippen molar-refractivity contribution in [3.8, 4) is 0 Å². The van der Waals surface area contributed by atoms with Gasteiger partial charge in [-0.1, -0.05) is 13.3 Å². The minimum Gasteiger partial charge on any atom is -0.480 e. The predicted octanol–water partition coefficient (Wildman–Crippen LogP) is 1.69. The summed E-state index contributed by atoms with van der Waals surface area (Å²) in [7, 11) is 0. The van der Waals surface area contributed by atoms with Crippen LogP contribution in [0.5, 0.6) is 0 Å². The van der Waals surface area contributed by atoms with E-state index < -0.39 is 12.0 Å². The Morgan fingerprint density at radius 2 is 2.22 bits per heavy atom. The number of carbonyl (C=O) groups excluding carboxylic acids is 1. The highest BCUT2D eigenvalue weighted by Crippen LogP contribution is 2.25. The first-order valence-corrected chi connectivity index (χ1v) is 7.65. The Labute approximate surface area is 112 Å². The molecule has 2 heterocycles. The second-order valence-corrected chi connectivity index (χ2v) is 5.97. The monoisotopic (exact) mass is 272 g/mol. The summed E-state index contributed by atoms with van der Waals surface area (Å²) in [6.45, 7) is 3.69. The molecule has 2 saturated heterocycles. The van der Waals surface area contributed by atoms with Gasteiger partial charge < -0.3 is 14.9 Å². The Kier molecular flexibility index (Phi) is 4.37. The number of carboxylic acid groups (broad SMARTS) is 1. The van der Waals surface area contributed by atoms with Crippen molar-refractivity contribution in [2.75, 3.05) is 24.7 Å². The fraction of sp³-hybridized carbons (Fsp3) is 0.833. The molecule has 2 fully saturated rings. The maximum Gasteiger partial charge on any atom is 0.327 e. The van der Waals surface area contributed by atoms with Gasteiger partial charge in [0, 0.05) is 18.8 Å². The number of aliphatic carboxylic acids is 1. The van der Waals surface area contributed by atoms with Crippen molar-refractivity contribution < 1.29 is 14.7 Å². The lowest BCUT2D eigenvalue weighted by atomic mass is 9.96. The summed E-state index contributed by atoms with van der Waals surface area (Å²) in [5.41, 5.74) is 0. The van der Waals surface area contributed by atoms with Gasteiger partial charge in [-0.05, 0) is 18.8 Å². The Bertz CT molecular complexity index is 337. The summed E-state index contributed by atoms with van der Waals surface area (Å²) >= 11 is 1.52. The number of piperidine rings is 1. The molecule has 0 bridgehead atoms. The molecular formula is C12H20N2O3S. The van der Waals surface area contributed by atoms with Crippen LogP contribution >= 0.6 is 11.8 Å². The third-order valence-electron chi connectivity index (χ3n) is 3.78. The number of likely N-dealkylation sites (tertiary alicyclic amines) is 1. The average molecular weight is 272 g/mol. The van der Waals surface area contributed by atoms with E-state index in [1.54, 1.807) is 0 Å². The van der Waals surface area contributed by atoms with Gasteiger partial charge >= 0.3 is 12.0 Å². The minimum atomic E-state index is -0.891. The molecule has 0 saturated carbocycles. The van der Waals surface area contributed by atoms with Gasteiger partial charge in [-0.15, -0.1) is 11.8 Å². The molecule has 0 aromatic heterocycles. The summed E-state index contributed by atoms with van der Waals surface area (Å²) in [5.74, 6) is 0.688. The fourth-order valence-electron chi connectivity index (χ4n) is 2.59. The highest BCUT2D eigenvalue weighted by atomic mass is 32.2. The molecule has 1 N–H and O–H groups in total. The van der Waals surface area contributed by atoms with Gasteiger partial charge in [-0.3, -0.25) is 0 Å². The van der Waals surface area contributed by atoms with Crippen LogP contribution in [0.4, 0.5) is 4.79 Å². The lowest BCUT2D eigenvalue weighted by molar-refractivity contribution is -0.141. The first kappa shape index (κ1) is 13.5. The average Bonchev–Trinajstić information content (AvgIpc) is 2.87. The zero-order valence-electron chi connectivity index (χ0n) is 10.7. The molecule has 6 heteroatoms. The van der Waals surface area contributed by atoms with E-state index in [1.165, 1.54) is 23.1 Å². The largest absolute Gasteiger partial charge is 0.480 e. The standard InChI is InChI=1S/C12H20N2O3S/c1-2-9-4-3-5-13(6-9)12(17)14-8-18-7-10(14)11(15)16/h9-10H,2-8H2,1H3,(H,15,16)/t9?,10-/m0/s1. The van der Waals surface area contributed by atoms with Crippen LogP contribution in [0.1, 0.15) is 26.2 Å². The van der Waals surface area contributed by atoms with Gasteiger partial charge in [0.15, 0.2) is 0 Å². The lowest BCUT2D eigenvalue weighted by Gasteiger charge is -2.35. The van der Waals surface area contributed by atoms with Crippen molar-refractivity contribution in [3.63, 3.8) is 0 Å². The summed E-state index contributed by atoms with van der Waals surface area (Å²) in [5, 5.41) is 9.10. The van der Waals surface area contributed by atoms with Crippen molar-refractivity contribution in [2.45, 2.75) is 32.2 Å². The smallest absolute Gasteiger partial charge is 0.327 e. The maximum absolute atomic E-state index is 12.4. The second-order valence-electron chi connectivity index (χ2n) is 4.97. The van der Waals surface area contributed by atoms with E-state index in [0.29, 0.717) is 17.5 Å². The lowest BCUT2D eigenvalue weighted by Crippen LogP contribution is -2.51. The van der Waals surface area contributed by atoms with E-state index in [-0.39, 0.29) is 6.03 Å². The number of nitrogens with zero attached hydrogens (tertiary/aromatic N) is 2. The predicted molar refractivity (Wildman–Crippen MR) is 70.6 cm³/mol. The minimum absolute atomic E-state index is 0.0921. The number of carbonyl (C=O) groups is 2. The topological polar surface area (TPSA) is 60.9 Å². The van der Waals surface area contributed by atoms with Crippen LogP contribution in [0, 0.1) is 5.92 Å². The molecule has 2 aliphatic rings. The number of hydrogen-bond acceptors (Lipinski definition) is 3. The molecule has 0 radical (unpaired) electrons. The highest BCUT2D eigenvalue weighted by molar-refractivity contribution is 7.99. The van der Waals surface area contributed by atoms with E-state index in [2.05, 4.69) is 6.92 Å². The molecule has 18 heavy (non-hydrogen) atoms. The highest BCUT2D eigenvalue weighted by Gasteiger charge is 2.37. The van der Waals surface area contributed by atoms with Crippen LogP contribution in [0.2, 0.25) is 0 Å². The van der Waals surface area contributed by atoms with Crippen LogP contribution in [0.15, 0.2) is 0 Å². The molecule has 2 aliphatic heterocycles. The third kappa shape index (κ3) is 2.74. The Morgan fingerprint density at radius 1 is 1.44 bits per heavy atom. The van der Waals surface area contributed by atoms with Gasteiger partial charge in [0.2, 0.25) is 0 Å². The number of amides is 2. The van der Waals surface area contributed by atoms with E-state index in [4.69, 9.17) is 5.11 Å². The SMILES string of the molecule is CCC1CCCN(C(=O)N2CSC[C@H]2C(=O)O)C1. The fourth-order valence-corrected chi connectivity index (χ4v) is 3.73. The van der Waals surface area contributed by atoms with E-state index in [1.807, 2.05) is 4.90 Å². The summed E-state index contributed by atoms with van der Waals surface area (Å²) in [4.78, 5) is 26.8. The Morgan fingerprint density at radius 3 is 2.89 bits per heavy atom. The van der Waals surface area contributed by atoms with Crippen LogP contribution in [0.3, 0.4) is 0 Å². The van der Waals surface area contributed by atoms with Crippen LogP contribution in [0.25, 0.3) is 0 Å². The first-order chi connectivity index (χ1) is 8.63. The summed E-state index contributed by atoms with van der Waals surface area (Å²) in [6, 6.07) is -0.741. The Balaban J connectivity index is 1.99. The van der Waals surface area contributed by atoms with Crippen molar-refractivity contribution in [2.24, 2.45) is 5.92 Å². The zero-order chi connectivity index (χ0) is 13.1. The van der Waals surface area contributed by atoms with Crippen molar-refractivity contribution in [3.05, 3.63) is 0 Å². The van der Waals surface area contributed by atoms with Crippen LogP contribution < -0.4 is 0 Å². The number of rotatable bonds is 2. The van der Waals surface area contributed by atoms with Crippen LogP contribution in [-0.4, -0.2) is 57.7 Å². The van der Waals surface area contributed by atoms with Crippen molar-refractivity contribution in [1.82, 2.24) is 9.80 Å². The Hall–Kier alpha value is -0.910. The molecule has 0 spiro atoms. The first-order valence-electron chi connectivity index (χ1n) is 6.49. The number of carboxylic acids is 1. The van der Waals surface area contributed by atoms with Gasteiger partial charge in [-0.2, -0.15) is 0 Å². The maximum atomic E-state index is 12.4. The third-order valence-corrected chi connectivity index (χ3v) is 4.79. The number of hydrogen-bond donors (Lipinski definition) is 1. The van der Waals surface area contributed by atoms with Gasteiger partial charge in [0.1, 0.15) is 6.04 Å². The molecular weight excluding hydrogens is 252 g/mol. The summed E-state index contributed by atoms with van der Waals surface area (Å²) < 4.78 is 0. The molecule has 0 aromatic rings. The van der Waals surface area contributed by atoms with Crippen molar-refractivity contribution in [1.29, 1.82) is 0 Å². The summed E-state index contributed by atoms with van der Waals surface area (Å²) in [6.07, 6.45) is 3.29. The van der Waals surface area contributed by atoms with Gasteiger partial charge in [0.25, 0.3) is 0 Å². The molecule has 1 unspecified atom stereocenters. The van der Waals surface area contributed by atoms with Gasteiger partial charge in [0.05, 0.1) is 5.88 Å². The zero-order valence-corrected chi connectivity index (χ0v) is 11.5. The van der Waals surface area contributed by atoms with Crippen molar-refractivity contribution >= 4 is 23.8 Å². The molecule has 2 amide bonds. The van der Waals surface area contributed by atoms with Gasteiger partial charge in [-0.25, -0.2) is 9.59 Å². The number of thioether (sulfide) groups is 1. The van der Waals surface area contributed by atoms with Crippen LogP contribution in [-0.2, 0) is 4.79 Å². The molecule has 102 valence electrons. The molecule has 2 rings (SSSR count). The van der Waals surface area contributed by atoms with E-state index in [9.17, 15) is 9.59 Å². The number of urea groups is 1. The normalized spacial score (nSPS) is 28.5. The van der Waals surface area contributed by atoms with E-state index in [0.717, 1.165) is 25.9 Å². The molecule has 0 aromatic carbocycles. The molecule has 2 atom stereocenters. The molecule has 5 nitrogen and oxygen atoms in total. The molecule has 0 aliphatic carbocycles. The van der Waals surface area contributed by atoms with E-state index >= 15 is 0 Å². The second kappa shape index (κ2) is 5.82.